The average Bonchev–Trinajstić information content (AvgIpc) is 2.43. The van der Waals surface area contributed by atoms with Crippen LogP contribution < -0.4 is 5.56 Å². The molecule has 0 unspecified atom stereocenters. The SMILES string of the molecule is C=CCN(C(=O)c1n[nH]c(=O)c2ccccc12)C(C)(C)C. The second kappa shape index (κ2) is 5.52. The van der Waals surface area contributed by atoms with E-state index in [4.69, 9.17) is 0 Å². The van der Waals surface area contributed by atoms with Gasteiger partial charge in [-0.25, -0.2) is 5.10 Å². The molecule has 0 saturated heterocycles. The van der Waals surface area contributed by atoms with Crippen LogP contribution in [0.25, 0.3) is 10.8 Å². The first kappa shape index (κ1) is 15.0. The molecule has 0 fully saturated rings. The molecule has 2 rings (SSSR count). The molecule has 5 heteroatoms. The van der Waals surface area contributed by atoms with Gasteiger partial charge in [-0.3, -0.25) is 9.59 Å². The Kier molecular flexibility index (Phi) is 3.93. The number of nitrogens with zero attached hydrogens (tertiary/aromatic N) is 2. The zero-order valence-electron chi connectivity index (χ0n) is 12.5. The van der Waals surface area contributed by atoms with E-state index in [0.717, 1.165) is 0 Å². The summed E-state index contributed by atoms with van der Waals surface area (Å²) in [6.45, 7) is 9.95. The van der Waals surface area contributed by atoms with Crippen LogP contribution in [0.15, 0.2) is 41.7 Å². The third-order valence-electron chi connectivity index (χ3n) is 3.27. The van der Waals surface area contributed by atoms with Crippen molar-refractivity contribution in [2.24, 2.45) is 0 Å². The molecule has 110 valence electrons. The number of carbonyl (C=O) groups is 1. The van der Waals surface area contributed by atoms with E-state index in [9.17, 15) is 9.59 Å². The minimum Gasteiger partial charge on any atom is -0.329 e. The maximum Gasteiger partial charge on any atom is 0.275 e. The Morgan fingerprint density at radius 1 is 1.33 bits per heavy atom. The summed E-state index contributed by atoms with van der Waals surface area (Å²) in [5.74, 6) is -0.227. The fourth-order valence-electron chi connectivity index (χ4n) is 2.20. The van der Waals surface area contributed by atoms with Crippen molar-refractivity contribution in [2.45, 2.75) is 26.3 Å². The number of carbonyl (C=O) groups excluding carboxylic acids is 1. The van der Waals surface area contributed by atoms with Crippen molar-refractivity contribution in [1.29, 1.82) is 0 Å². The molecule has 1 aromatic carbocycles. The topological polar surface area (TPSA) is 66.1 Å². The second-order valence-electron chi connectivity index (χ2n) is 5.82. The van der Waals surface area contributed by atoms with Gasteiger partial charge in [-0.05, 0) is 26.8 Å². The summed E-state index contributed by atoms with van der Waals surface area (Å²) in [4.78, 5) is 26.3. The number of H-pyrrole nitrogens is 1. The van der Waals surface area contributed by atoms with Gasteiger partial charge in [0.1, 0.15) is 0 Å². The molecule has 0 bridgehead atoms. The highest BCUT2D eigenvalue weighted by Crippen LogP contribution is 2.20. The highest BCUT2D eigenvalue weighted by atomic mass is 16.2. The lowest BCUT2D eigenvalue weighted by Gasteiger charge is -2.34. The molecular formula is C16H19N3O2. The van der Waals surface area contributed by atoms with Crippen LogP contribution >= 0.6 is 0 Å². The van der Waals surface area contributed by atoms with Crippen molar-refractivity contribution >= 4 is 16.7 Å². The summed E-state index contributed by atoms with van der Waals surface area (Å²) in [5.41, 5.74) is -0.417. The Morgan fingerprint density at radius 2 is 1.95 bits per heavy atom. The molecule has 0 saturated carbocycles. The highest BCUT2D eigenvalue weighted by molar-refractivity contribution is 6.05. The Hall–Kier alpha value is -2.43. The number of aromatic amines is 1. The van der Waals surface area contributed by atoms with Crippen LogP contribution in [-0.2, 0) is 0 Å². The first-order valence-electron chi connectivity index (χ1n) is 6.76. The Morgan fingerprint density at radius 3 is 2.52 bits per heavy atom. The molecule has 21 heavy (non-hydrogen) atoms. The maximum absolute atomic E-state index is 12.8. The number of rotatable bonds is 3. The van der Waals surface area contributed by atoms with Crippen molar-refractivity contribution < 1.29 is 4.79 Å². The van der Waals surface area contributed by atoms with Crippen molar-refractivity contribution in [1.82, 2.24) is 15.1 Å². The number of nitrogens with one attached hydrogen (secondary N) is 1. The fourth-order valence-corrected chi connectivity index (χ4v) is 2.20. The van der Waals surface area contributed by atoms with Crippen LogP contribution in [-0.4, -0.2) is 33.1 Å². The molecule has 5 nitrogen and oxygen atoms in total. The summed E-state index contributed by atoms with van der Waals surface area (Å²) >= 11 is 0. The fraction of sp³-hybridized carbons (Fsp3) is 0.312. The molecule has 0 aliphatic carbocycles. The van der Waals surface area contributed by atoms with Crippen molar-refractivity contribution in [3.05, 3.63) is 53.0 Å². The van der Waals surface area contributed by atoms with Gasteiger partial charge in [0.15, 0.2) is 5.69 Å². The number of amides is 1. The number of fused-ring (bicyclic) bond motifs is 1. The van der Waals surface area contributed by atoms with Gasteiger partial charge in [-0.2, -0.15) is 5.10 Å². The number of benzene rings is 1. The highest BCUT2D eigenvalue weighted by Gasteiger charge is 2.28. The van der Waals surface area contributed by atoms with Crippen molar-refractivity contribution in [2.75, 3.05) is 6.54 Å². The molecule has 2 aromatic rings. The first-order chi connectivity index (χ1) is 9.86. The normalized spacial score (nSPS) is 11.4. The van der Waals surface area contributed by atoms with Crippen LogP contribution in [0.5, 0.6) is 0 Å². The summed E-state index contributed by atoms with van der Waals surface area (Å²) in [6.07, 6.45) is 1.68. The predicted octanol–water partition coefficient (Wildman–Crippen LogP) is 2.35. The Balaban J connectivity index is 2.60. The zero-order chi connectivity index (χ0) is 15.6. The monoisotopic (exact) mass is 285 g/mol. The molecule has 1 heterocycles. The van der Waals surface area contributed by atoms with Crippen LogP contribution in [0.3, 0.4) is 0 Å². The van der Waals surface area contributed by atoms with E-state index < -0.39 is 0 Å². The van der Waals surface area contributed by atoms with E-state index >= 15 is 0 Å². The van der Waals surface area contributed by atoms with Gasteiger partial charge < -0.3 is 4.90 Å². The summed E-state index contributed by atoms with van der Waals surface area (Å²) < 4.78 is 0. The lowest BCUT2D eigenvalue weighted by molar-refractivity contribution is 0.0611. The number of hydrogen-bond donors (Lipinski definition) is 1. The Bertz CT molecular complexity index is 741. The molecule has 0 aliphatic rings. The zero-order valence-corrected chi connectivity index (χ0v) is 12.5. The number of hydrogen-bond acceptors (Lipinski definition) is 3. The van der Waals surface area contributed by atoms with Crippen molar-refractivity contribution in [3.8, 4) is 0 Å². The largest absolute Gasteiger partial charge is 0.329 e. The minimum absolute atomic E-state index is 0.227. The van der Waals surface area contributed by atoms with Gasteiger partial charge in [0.2, 0.25) is 0 Å². The van der Waals surface area contributed by atoms with E-state index in [1.54, 1.807) is 35.2 Å². The summed E-state index contributed by atoms with van der Waals surface area (Å²) in [6, 6.07) is 6.97. The van der Waals surface area contributed by atoms with E-state index in [1.165, 1.54) is 0 Å². The molecule has 0 spiro atoms. The molecule has 1 amide bonds. The molecule has 0 atom stereocenters. The van der Waals surface area contributed by atoms with E-state index in [1.807, 2.05) is 20.8 Å². The van der Waals surface area contributed by atoms with Gasteiger partial charge in [-0.1, -0.05) is 24.3 Å². The van der Waals surface area contributed by atoms with Gasteiger partial charge in [0.05, 0.1) is 5.39 Å². The van der Waals surface area contributed by atoms with Crippen LogP contribution in [0, 0.1) is 0 Å². The molecule has 1 aromatic heterocycles. The Labute approximate surface area is 123 Å². The smallest absolute Gasteiger partial charge is 0.275 e. The molecule has 1 N–H and O–H groups in total. The van der Waals surface area contributed by atoms with Crippen LogP contribution in [0.1, 0.15) is 31.3 Å². The molecular weight excluding hydrogens is 266 g/mol. The quantitative estimate of drug-likeness (QED) is 0.880. The third kappa shape index (κ3) is 2.86. The van der Waals surface area contributed by atoms with Gasteiger partial charge in [0, 0.05) is 17.5 Å². The van der Waals surface area contributed by atoms with E-state index in [-0.39, 0.29) is 22.7 Å². The van der Waals surface area contributed by atoms with E-state index in [2.05, 4.69) is 16.8 Å². The van der Waals surface area contributed by atoms with Crippen LogP contribution in [0.2, 0.25) is 0 Å². The lowest BCUT2D eigenvalue weighted by atomic mass is 10.0. The average molecular weight is 285 g/mol. The van der Waals surface area contributed by atoms with E-state index in [0.29, 0.717) is 17.3 Å². The second-order valence-corrected chi connectivity index (χ2v) is 5.82. The maximum atomic E-state index is 12.8. The first-order valence-corrected chi connectivity index (χ1v) is 6.76. The lowest BCUT2D eigenvalue weighted by Crippen LogP contribution is -2.46. The minimum atomic E-state index is -0.371. The van der Waals surface area contributed by atoms with Gasteiger partial charge in [0.25, 0.3) is 11.5 Å². The van der Waals surface area contributed by atoms with Gasteiger partial charge >= 0.3 is 0 Å². The van der Waals surface area contributed by atoms with Crippen molar-refractivity contribution in [3.63, 3.8) is 0 Å². The van der Waals surface area contributed by atoms with Crippen LogP contribution in [0.4, 0.5) is 0 Å². The summed E-state index contributed by atoms with van der Waals surface area (Å²) in [7, 11) is 0. The molecule has 0 radical (unpaired) electrons. The number of aromatic nitrogens is 2. The molecule has 0 aliphatic heterocycles. The van der Waals surface area contributed by atoms with Gasteiger partial charge in [-0.15, -0.1) is 6.58 Å². The standard InChI is InChI=1S/C16H19N3O2/c1-5-10-19(16(2,3)4)15(21)13-11-8-6-7-9-12(11)14(20)18-17-13/h5-9H,1,10H2,2-4H3,(H,18,20). The summed E-state index contributed by atoms with van der Waals surface area (Å²) in [5, 5.41) is 7.37. The third-order valence-corrected chi connectivity index (χ3v) is 3.27. The predicted molar refractivity (Wildman–Crippen MR) is 83.4 cm³/mol.